The minimum Gasteiger partial charge on any atom is -0.455 e. The Morgan fingerprint density at radius 3 is 2.35 bits per heavy atom. The van der Waals surface area contributed by atoms with E-state index >= 15 is 0 Å². The molecule has 234 valence electrons. The van der Waals surface area contributed by atoms with Crippen molar-refractivity contribution in [1.29, 1.82) is 0 Å². The van der Waals surface area contributed by atoms with Crippen molar-refractivity contribution in [2.24, 2.45) is 5.73 Å². The zero-order valence-corrected chi connectivity index (χ0v) is 26.4. The van der Waals surface area contributed by atoms with Gasteiger partial charge >= 0.3 is 0 Å². The van der Waals surface area contributed by atoms with Crippen molar-refractivity contribution >= 4 is 40.7 Å². The molecule has 5 aromatic rings. The highest BCUT2D eigenvalue weighted by atomic mass is 35.5. The number of halogens is 3. The number of carbonyl (C=O) groups excluding carboxylic acids is 2. The molecular weight excluding hydrogens is 624 g/mol. The molecule has 9 heteroatoms. The number of ether oxygens (including phenoxy) is 1. The van der Waals surface area contributed by atoms with Gasteiger partial charge < -0.3 is 20.7 Å². The molecule has 0 aromatic heterocycles. The number of nitrogens with two attached hydrogens (primary N) is 1. The summed E-state index contributed by atoms with van der Waals surface area (Å²) in [6.07, 6.45) is -0.145. The second-order valence-electron chi connectivity index (χ2n) is 10.6. The predicted molar refractivity (Wildman–Crippen MR) is 181 cm³/mol. The predicted octanol–water partition coefficient (Wildman–Crippen LogP) is 8.68. The number of benzene rings is 5. The number of carbonyl (C=O) groups is 2. The van der Waals surface area contributed by atoms with Crippen LogP contribution in [0.1, 0.15) is 29.5 Å². The van der Waals surface area contributed by atoms with Gasteiger partial charge in [0.05, 0.1) is 12.2 Å². The van der Waals surface area contributed by atoms with Crippen LogP contribution in [0.3, 0.4) is 0 Å². The summed E-state index contributed by atoms with van der Waals surface area (Å²) in [6, 6.07) is 33.9. The first-order chi connectivity index (χ1) is 22.3. The molecule has 2 amide bonds. The number of amides is 2. The summed E-state index contributed by atoms with van der Waals surface area (Å²) in [7, 11) is 0. The Kier molecular flexibility index (Phi) is 11.0. The lowest BCUT2D eigenvalue weighted by Gasteiger charge is -2.25. The number of nitrogens with one attached hydrogen (secondary N) is 1. The van der Waals surface area contributed by atoms with Gasteiger partial charge in [-0.05, 0) is 65.2 Å². The lowest BCUT2D eigenvalue weighted by molar-refractivity contribution is -0.125. The fraction of sp³-hybridized carbons (Fsp3) is 0.135. The standard InChI is InChI=1S/C37H32Cl2FN3O3/c38-29-16-17-32(39)31(21-29)27-14-12-25(13-15-27)24-43(37(45)19-18-36(44)42-23-28-7-1-2-9-33(28)40)34-10-3-4-11-35(34)46-30-8-5-6-26(20-30)22-41/h1-17,20-21H,18-19,22-24,41H2,(H,42,44). The van der Waals surface area contributed by atoms with Crippen LogP contribution in [-0.2, 0) is 29.2 Å². The molecule has 0 fully saturated rings. The summed E-state index contributed by atoms with van der Waals surface area (Å²) in [5.41, 5.74) is 10.2. The maximum absolute atomic E-state index is 14.0. The highest BCUT2D eigenvalue weighted by molar-refractivity contribution is 6.35. The van der Waals surface area contributed by atoms with E-state index in [-0.39, 0.29) is 37.7 Å². The minimum atomic E-state index is -0.401. The molecule has 0 spiro atoms. The largest absolute Gasteiger partial charge is 0.455 e. The van der Waals surface area contributed by atoms with Gasteiger partial charge in [-0.25, -0.2) is 4.39 Å². The second-order valence-corrected chi connectivity index (χ2v) is 11.4. The number of anilines is 1. The van der Waals surface area contributed by atoms with E-state index in [9.17, 15) is 14.0 Å². The fourth-order valence-corrected chi connectivity index (χ4v) is 5.31. The SMILES string of the molecule is NCc1cccc(Oc2ccccc2N(Cc2ccc(-c3cc(Cl)ccc3Cl)cc2)C(=O)CCC(=O)NCc2ccccc2F)c1. The van der Waals surface area contributed by atoms with Gasteiger partial charge in [-0.3, -0.25) is 9.59 Å². The molecule has 0 saturated heterocycles. The Labute approximate surface area is 277 Å². The summed E-state index contributed by atoms with van der Waals surface area (Å²) in [6.45, 7) is 0.603. The van der Waals surface area contributed by atoms with E-state index in [0.717, 1.165) is 22.3 Å². The zero-order chi connectivity index (χ0) is 32.5. The van der Waals surface area contributed by atoms with E-state index in [1.807, 2.05) is 60.7 Å². The van der Waals surface area contributed by atoms with Gasteiger partial charge in [0.1, 0.15) is 11.6 Å². The molecule has 0 aliphatic carbocycles. The molecule has 0 aliphatic heterocycles. The van der Waals surface area contributed by atoms with E-state index in [1.165, 1.54) is 6.07 Å². The summed E-state index contributed by atoms with van der Waals surface area (Å²) in [5.74, 6) is 0.00828. The first-order valence-electron chi connectivity index (χ1n) is 14.7. The van der Waals surface area contributed by atoms with Crippen LogP contribution in [0.25, 0.3) is 11.1 Å². The molecule has 5 rings (SSSR count). The van der Waals surface area contributed by atoms with E-state index in [0.29, 0.717) is 39.3 Å². The Morgan fingerprint density at radius 1 is 0.804 bits per heavy atom. The normalized spacial score (nSPS) is 10.8. The highest BCUT2D eigenvalue weighted by Gasteiger charge is 2.22. The number of rotatable bonds is 12. The van der Waals surface area contributed by atoms with Gasteiger partial charge in [-0.1, -0.05) is 89.9 Å². The maximum Gasteiger partial charge on any atom is 0.227 e. The summed E-state index contributed by atoms with van der Waals surface area (Å²) < 4.78 is 20.3. The molecule has 3 N–H and O–H groups in total. The van der Waals surface area contributed by atoms with Crippen LogP contribution in [0.4, 0.5) is 10.1 Å². The third-order valence-electron chi connectivity index (χ3n) is 7.35. The van der Waals surface area contributed by atoms with Crippen LogP contribution in [0.2, 0.25) is 10.0 Å². The summed E-state index contributed by atoms with van der Waals surface area (Å²) in [4.78, 5) is 28.1. The molecule has 6 nitrogen and oxygen atoms in total. The number of para-hydroxylation sites is 2. The van der Waals surface area contributed by atoms with Gasteiger partial charge in [-0.15, -0.1) is 0 Å². The molecule has 0 saturated carbocycles. The van der Waals surface area contributed by atoms with Crippen molar-refractivity contribution in [2.45, 2.75) is 32.5 Å². The summed E-state index contributed by atoms with van der Waals surface area (Å²) >= 11 is 12.6. The Bertz CT molecular complexity index is 1830. The monoisotopic (exact) mass is 655 g/mol. The molecule has 0 unspecified atom stereocenters. The molecule has 0 bridgehead atoms. The first-order valence-corrected chi connectivity index (χ1v) is 15.5. The van der Waals surface area contributed by atoms with Crippen molar-refractivity contribution < 1.29 is 18.7 Å². The van der Waals surface area contributed by atoms with Crippen LogP contribution < -0.4 is 20.7 Å². The van der Waals surface area contributed by atoms with E-state index in [4.69, 9.17) is 33.7 Å². The Hall–Kier alpha value is -4.69. The van der Waals surface area contributed by atoms with Crippen molar-refractivity contribution in [3.63, 3.8) is 0 Å². The smallest absolute Gasteiger partial charge is 0.227 e. The molecular formula is C37H32Cl2FN3O3. The molecule has 0 aliphatic rings. The molecule has 0 heterocycles. The van der Waals surface area contributed by atoms with Crippen molar-refractivity contribution in [2.75, 3.05) is 4.90 Å². The lowest BCUT2D eigenvalue weighted by atomic mass is 10.0. The fourth-order valence-electron chi connectivity index (χ4n) is 4.91. The van der Waals surface area contributed by atoms with Gasteiger partial charge in [-0.2, -0.15) is 0 Å². The minimum absolute atomic E-state index is 0.0327. The van der Waals surface area contributed by atoms with Crippen molar-refractivity contribution in [3.05, 3.63) is 148 Å². The average molecular weight is 657 g/mol. The number of nitrogens with zero attached hydrogens (tertiary/aromatic N) is 1. The topological polar surface area (TPSA) is 84.7 Å². The zero-order valence-electron chi connectivity index (χ0n) is 24.9. The summed E-state index contributed by atoms with van der Waals surface area (Å²) in [5, 5.41) is 3.86. The quantitative estimate of drug-likeness (QED) is 0.141. The number of hydrogen-bond donors (Lipinski definition) is 2. The molecule has 0 atom stereocenters. The van der Waals surface area contributed by atoms with Gasteiger partial charge in [0, 0.05) is 47.1 Å². The van der Waals surface area contributed by atoms with E-state index < -0.39 is 5.82 Å². The third-order valence-corrected chi connectivity index (χ3v) is 7.92. The average Bonchev–Trinajstić information content (AvgIpc) is 3.07. The molecule has 0 radical (unpaired) electrons. The highest BCUT2D eigenvalue weighted by Crippen LogP contribution is 2.35. The van der Waals surface area contributed by atoms with Crippen LogP contribution in [-0.4, -0.2) is 11.8 Å². The van der Waals surface area contributed by atoms with Gasteiger partial charge in [0.25, 0.3) is 0 Å². The van der Waals surface area contributed by atoms with Crippen LogP contribution in [0.15, 0.2) is 115 Å². The molecule has 5 aromatic carbocycles. The lowest BCUT2D eigenvalue weighted by Crippen LogP contribution is -2.32. The number of hydrogen-bond acceptors (Lipinski definition) is 4. The van der Waals surface area contributed by atoms with E-state index in [1.54, 1.807) is 53.4 Å². The van der Waals surface area contributed by atoms with Crippen molar-refractivity contribution in [3.8, 4) is 22.6 Å². The molecule has 46 heavy (non-hydrogen) atoms. The first kappa shape index (κ1) is 32.7. The van der Waals surface area contributed by atoms with Crippen LogP contribution in [0, 0.1) is 5.82 Å². The van der Waals surface area contributed by atoms with Gasteiger partial charge in [0.15, 0.2) is 5.75 Å². The van der Waals surface area contributed by atoms with Crippen LogP contribution >= 0.6 is 23.2 Å². The third kappa shape index (κ3) is 8.52. The maximum atomic E-state index is 14.0. The van der Waals surface area contributed by atoms with Crippen LogP contribution in [0.5, 0.6) is 11.5 Å². The van der Waals surface area contributed by atoms with Crippen molar-refractivity contribution in [1.82, 2.24) is 5.32 Å². The van der Waals surface area contributed by atoms with Gasteiger partial charge in [0.2, 0.25) is 11.8 Å². The second kappa shape index (κ2) is 15.5. The Balaban J connectivity index is 1.38. The van der Waals surface area contributed by atoms with E-state index in [2.05, 4.69) is 5.32 Å². The Morgan fingerprint density at radius 2 is 1.57 bits per heavy atom.